The van der Waals surface area contributed by atoms with Crippen LogP contribution in [0.5, 0.6) is 0 Å². The highest BCUT2D eigenvalue weighted by Gasteiger charge is 2.63. The van der Waals surface area contributed by atoms with Gasteiger partial charge in [-0.2, -0.15) is 0 Å². The lowest BCUT2D eigenvalue weighted by atomic mass is 9.93. The summed E-state index contributed by atoms with van der Waals surface area (Å²) in [5.74, 6) is -3.08. The van der Waals surface area contributed by atoms with Gasteiger partial charge in [-0.15, -0.1) is 0 Å². The van der Waals surface area contributed by atoms with Crippen molar-refractivity contribution in [2.75, 3.05) is 19.6 Å². The summed E-state index contributed by atoms with van der Waals surface area (Å²) >= 11 is 0. The number of nitrogens with one attached hydrogen (secondary N) is 3. The van der Waals surface area contributed by atoms with Crippen LogP contribution in [0, 0.1) is 17.8 Å². The zero-order valence-electron chi connectivity index (χ0n) is 28.4. The van der Waals surface area contributed by atoms with Crippen molar-refractivity contribution in [3.8, 4) is 0 Å². The Morgan fingerprint density at radius 2 is 1.71 bits per heavy atom. The molecule has 3 heterocycles. The number of hydrogen-bond donors (Lipinski definition) is 3. The number of sulfonamides is 1. The lowest BCUT2D eigenvalue weighted by molar-refractivity contribution is -0.142. The van der Waals surface area contributed by atoms with E-state index in [1.807, 2.05) is 18.2 Å². The van der Waals surface area contributed by atoms with Gasteiger partial charge in [-0.3, -0.25) is 23.9 Å². The first-order chi connectivity index (χ1) is 23.2. The second-order valence-corrected chi connectivity index (χ2v) is 17.1. The molecule has 0 aromatic heterocycles. The molecule has 2 aliphatic carbocycles. The maximum Gasteiger partial charge on any atom is 0.408 e. The van der Waals surface area contributed by atoms with Gasteiger partial charge in [0.25, 0.3) is 11.8 Å². The molecule has 14 heteroatoms. The molecule has 5 amide bonds. The van der Waals surface area contributed by atoms with Crippen LogP contribution in [0.4, 0.5) is 4.79 Å². The first kappa shape index (κ1) is 34.9. The van der Waals surface area contributed by atoms with Gasteiger partial charge in [0.15, 0.2) is 0 Å². The molecule has 0 bridgehead atoms. The maximum absolute atomic E-state index is 14.5. The molecule has 3 N–H and O–H groups in total. The largest absolute Gasteiger partial charge is 0.444 e. The lowest BCUT2D eigenvalue weighted by Gasteiger charge is -2.33. The van der Waals surface area contributed by atoms with Crippen LogP contribution in [0.1, 0.15) is 82.5 Å². The molecule has 3 aliphatic heterocycles. The van der Waals surface area contributed by atoms with Crippen LogP contribution in [-0.4, -0.2) is 96.0 Å². The molecule has 5 aliphatic rings. The Hall–Kier alpha value is -3.94. The number of hydrogen-bond acceptors (Lipinski definition) is 8. The average molecular weight is 698 g/mol. The molecule has 266 valence electrons. The van der Waals surface area contributed by atoms with Crippen LogP contribution in [0.25, 0.3) is 0 Å². The summed E-state index contributed by atoms with van der Waals surface area (Å²) in [6.45, 7) is 5.91. The monoisotopic (exact) mass is 697 g/mol. The summed E-state index contributed by atoms with van der Waals surface area (Å²) in [5, 5.41) is 5.04. The zero-order chi connectivity index (χ0) is 35.1. The maximum atomic E-state index is 14.5. The van der Waals surface area contributed by atoms with Crippen LogP contribution >= 0.6 is 0 Å². The van der Waals surface area contributed by atoms with Gasteiger partial charge in [0.2, 0.25) is 21.8 Å². The van der Waals surface area contributed by atoms with Crippen LogP contribution in [0.15, 0.2) is 42.5 Å². The minimum absolute atomic E-state index is 0.172. The Kier molecular flexibility index (Phi) is 9.55. The lowest BCUT2D eigenvalue weighted by Crippen LogP contribution is -2.60. The molecule has 1 aromatic carbocycles. The van der Waals surface area contributed by atoms with Crippen molar-refractivity contribution in [1.82, 2.24) is 25.2 Å². The van der Waals surface area contributed by atoms with E-state index in [1.165, 1.54) is 4.90 Å². The number of rotatable bonds is 5. The van der Waals surface area contributed by atoms with Gasteiger partial charge in [0.1, 0.15) is 23.2 Å². The van der Waals surface area contributed by atoms with Crippen LogP contribution in [-0.2, 0) is 29.1 Å². The average Bonchev–Trinajstić information content (AvgIpc) is 3.93. The first-order valence-corrected chi connectivity index (χ1v) is 18.9. The number of allylic oxidation sites excluding steroid dienone is 1. The predicted molar refractivity (Wildman–Crippen MR) is 179 cm³/mol. The molecule has 13 nitrogen and oxygen atoms in total. The molecule has 0 spiro atoms. The van der Waals surface area contributed by atoms with E-state index >= 15 is 0 Å². The number of likely N-dealkylation sites (tertiary alicyclic amines) is 1. The fraction of sp³-hybridized carbons (Fsp3) is 0.629. The van der Waals surface area contributed by atoms with Crippen LogP contribution in [0.3, 0.4) is 0 Å². The van der Waals surface area contributed by atoms with E-state index in [2.05, 4.69) is 15.4 Å². The van der Waals surface area contributed by atoms with Crippen molar-refractivity contribution < 1.29 is 37.1 Å². The van der Waals surface area contributed by atoms with Gasteiger partial charge in [-0.25, -0.2) is 13.2 Å². The normalized spacial score (nSPS) is 31.2. The summed E-state index contributed by atoms with van der Waals surface area (Å²) in [6, 6.07) is 6.83. The Morgan fingerprint density at radius 1 is 0.980 bits per heavy atom. The van der Waals surface area contributed by atoms with Crippen molar-refractivity contribution in [3.63, 3.8) is 0 Å². The van der Waals surface area contributed by atoms with E-state index in [-0.39, 0.29) is 31.3 Å². The zero-order valence-corrected chi connectivity index (χ0v) is 29.2. The summed E-state index contributed by atoms with van der Waals surface area (Å²) in [5.41, 5.74) is -1.76. The third kappa shape index (κ3) is 7.63. The summed E-state index contributed by atoms with van der Waals surface area (Å²) in [6.07, 6.45) is 7.52. The molecular weight excluding hydrogens is 650 g/mol. The summed E-state index contributed by atoms with van der Waals surface area (Å²) < 4.78 is 33.3. The highest BCUT2D eigenvalue weighted by Crippen LogP contribution is 2.47. The highest BCUT2D eigenvalue weighted by atomic mass is 32.2. The minimum atomic E-state index is -3.88. The highest BCUT2D eigenvalue weighted by molar-refractivity contribution is 7.91. The number of carbonyl (C=O) groups excluding carboxylic acids is 5. The Morgan fingerprint density at radius 3 is 2.41 bits per heavy atom. The smallest absolute Gasteiger partial charge is 0.408 e. The van der Waals surface area contributed by atoms with E-state index in [0.717, 1.165) is 12.8 Å². The molecule has 0 radical (unpaired) electrons. The number of ether oxygens (including phenoxy) is 1. The van der Waals surface area contributed by atoms with E-state index in [0.29, 0.717) is 44.2 Å². The van der Waals surface area contributed by atoms with Crippen molar-refractivity contribution in [3.05, 3.63) is 48.0 Å². The van der Waals surface area contributed by atoms with Gasteiger partial charge < -0.3 is 25.2 Å². The molecule has 2 saturated heterocycles. The molecule has 2 saturated carbocycles. The third-order valence-corrected chi connectivity index (χ3v) is 12.0. The summed E-state index contributed by atoms with van der Waals surface area (Å²) in [7, 11) is -3.88. The van der Waals surface area contributed by atoms with Gasteiger partial charge in [-0.1, -0.05) is 43.2 Å². The van der Waals surface area contributed by atoms with Crippen molar-refractivity contribution in [2.24, 2.45) is 17.8 Å². The number of carbonyl (C=O) groups is 5. The van der Waals surface area contributed by atoms with Crippen molar-refractivity contribution in [1.29, 1.82) is 0 Å². The fourth-order valence-electron chi connectivity index (χ4n) is 7.45. The first-order valence-electron chi connectivity index (χ1n) is 17.4. The summed E-state index contributed by atoms with van der Waals surface area (Å²) in [4.78, 5) is 72.0. The standard InChI is InChI=1S/C35H47N5O8S/c1-34(2,3)48-33(45)36-27-15-11-6-4-5-10-14-24-18-35(24,32(44)38-49(46,47)25-16-17-25)37-29(41)28-26-21-39(19-23(26)20-40(28)31(27)43)30(42)22-12-8-7-9-13-22/h7-10,12-14,23-28H,4-6,11,15-21H2,1-3H3,(H,36,45)(H,37,41)(H,38,44)/b14-10-/t23-,24-,26-,27+,28-,35+/m0/s1. The Bertz CT molecular complexity index is 1620. The van der Waals surface area contributed by atoms with Crippen molar-refractivity contribution in [2.45, 2.75) is 101 Å². The molecule has 0 unspecified atom stereocenters. The van der Waals surface area contributed by atoms with Crippen LogP contribution in [0.2, 0.25) is 0 Å². The van der Waals surface area contributed by atoms with Gasteiger partial charge in [0.05, 0.1) is 5.25 Å². The van der Waals surface area contributed by atoms with E-state index in [1.54, 1.807) is 49.9 Å². The van der Waals surface area contributed by atoms with Gasteiger partial charge in [-0.05, 0) is 71.4 Å². The number of amides is 5. The van der Waals surface area contributed by atoms with Gasteiger partial charge >= 0.3 is 6.09 Å². The SMILES string of the molecule is CC(C)(C)OC(=O)N[C@@H]1CCCCC/C=C\[C@H]2C[C@@]2(C(=O)NS(=O)(=O)C2CC2)NC(=O)[C@@H]2[C@H]3CN(C(=O)c4ccccc4)C[C@H]3CN2C1=O. The molecule has 49 heavy (non-hydrogen) atoms. The number of alkyl carbamates (subject to hydrolysis) is 1. The number of benzene rings is 1. The van der Waals surface area contributed by atoms with Crippen molar-refractivity contribution >= 4 is 39.7 Å². The number of fused-ring (bicyclic) bond motifs is 4. The molecular formula is C35H47N5O8S. The fourth-order valence-corrected chi connectivity index (χ4v) is 8.81. The minimum Gasteiger partial charge on any atom is -0.444 e. The number of nitrogens with zero attached hydrogens (tertiary/aromatic N) is 2. The van der Waals surface area contributed by atoms with Gasteiger partial charge in [0, 0.05) is 43.0 Å². The van der Waals surface area contributed by atoms with Crippen LogP contribution < -0.4 is 15.4 Å². The van der Waals surface area contributed by atoms with E-state index < -0.39 is 74.1 Å². The molecule has 1 aromatic rings. The Labute approximate surface area is 287 Å². The molecule has 4 fully saturated rings. The topological polar surface area (TPSA) is 171 Å². The van der Waals surface area contributed by atoms with E-state index in [4.69, 9.17) is 4.74 Å². The van der Waals surface area contributed by atoms with E-state index in [9.17, 15) is 32.4 Å². The predicted octanol–water partition coefficient (Wildman–Crippen LogP) is 2.48. The quantitative estimate of drug-likeness (QED) is 0.394. The molecule has 6 rings (SSSR count). The third-order valence-electron chi connectivity index (χ3n) is 10.2. The Balaban J connectivity index is 1.30. The second kappa shape index (κ2) is 13.4. The molecule has 6 atom stereocenters. The second-order valence-electron chi connectivity index (χ2n) is 15.1.